The molecule has 2 N–H and O–H groups in total. The highest BCUT2D eigenvalue weighted by Crippen LogP contribution is 2.29. The van der Waals surface area contributed by atoms with Crippen molar-refractivity contribution < 1.29 is 18.3 Å². The van der Waals surface area contributed by atoms with E-state index in [1.54, 1.807) is 25.1 Å². The van der Waals surface area contributed by atoms with Gasteiger partial charge in [-0.2, -0.15) is 0 Å². The van der Waals surface area contributed by atoms with Crippen molar-refractivity contribution in [2.45, 2.75) is 24.3 Å². The molecule has 6 nitrogen and oxygen atoms in total. The number of sulfonamides is 1. The van der Waals surface area contributed by atoms with E-state index in [0.29, 0.717) is 17.9 Å². The molecule has 3 rings (SSSR count). The van der Waals surface area contributed by atoms with Crippen molar-refractivity contribution in [2.24, 2.45) is 0 Å². The number of aliphatic hydroxyl groups is 1. The lowest BCUT2D eigenvalue weighted by atomic mass is 10.0. The molecule has 0 saturated heterocycles. The van der Waals surface area contributed by atoms with E-state index in [1.807, 2.05) is 25.2 Å². The number of fused-ring (bicyclic) bond motifs is 1. The van der Waals surface area contributed by atoms with Gasteiger partial charge in [0.2, 0.25) is 10.0 Å². The summed E-state index contributed by atoms with van der Waals surface area (Å²) in [6.07, 6.45) is 0.0140. The molecule has 0 fully saturated rings. The summed E-state index contributed by atoms with van der Waals surface area (Å²) < 4.78 is 33.0. The van der Waals surface area contributed by atoms with Crippen LogP contribution in [0.1, 0.15) is 24.2 Å². The smallest absolute Gasteiger partial charge is 0.244 e. The molecule has 0 aliphatic carbocycles. The predicted octanol–water partition coefficient (Wildman–Crippen LogP) is 2.09. The van der Waals surface area contributed by atoms with Crippen LogP contribution in [0.3, 0.4) is 0 Å². The van der Waals surface area contributed by atoms with Gasteiger partial charge in [-0.3, -0.25) is 0 Å². The minimum absolute atomic E-state index is 0.0737. The van der Waals surface area contributed by atoms with Gasteiger partial charge in [0.1, 0.15) is 10.6 Å². The molecule has 1 aliphatic rings. The lowest BCUT2D eigenvalue weighted by Crippen LogP contribution is -2.29. The second kappa shape index (κ2) is 7.65. The van der Waals surface area contributed by atoms with Gasteiger partial charge in [-0.05, 0) is 42.7 Å². The Morgan fingerprint density at radius 2 is 2.04 bits per heavy atom. The lowest BCUT2D eigenvalue weighted by Gasteiger charge is -2.16. The molecule has 2 aromatic rings. The molecule has 0 bridgehead atoms. The lowest BCUT2D eigenvalue weighted by molar-refractivity contribution is 0.182. The molecule has 1 atom stereocenters. The average Bonchev–Trinajstić information content (AvgIpc) is 3.01. The maximum absolute atomic E-state index is 12.6. The van der Waals surface area contributed by atoms with E-state index < -0.39 is 16.1 Å². The Hall–Kier alpha value is -2.09. The number of aliphatic hydroxyl groups excluding tert-OH is 1. The number of hydrogen-bond acceptors (Lipinski definition) is 5. The van der Waals surface area contributed by atoms with Crippen molar-refractivity contribution in [3.63, 3.8) is 0 Å². The Kier molecular flexibility index (Phi) is 5.50. The maximum atomic E-state index is 12.6. The highest BCUT2D eigenvalue weighted by molar-refractivity contribution is 7.89. The minimum Gasteiger partial charge on any atom is -0.492 e. The second-order valence-corrected chi connectivity index (χ2v) is 8.04. The maximum Gasteiger partial charge on any atom is 0.244 e. The van der Waals surface area contributed by atoms with Crippen molar-refractivity contribution in [3.8, 4) is 5.75 Å². The second-order valence-electron chi connectivity index (χ2n) is 6.31. The van der Waals surface area contributed by atoms with Crippen LogP contribution in [-0.4, -0.2) is 40.3 Å². The van der Waals surface area contributed by atoms with E-state index >= 15 is 0 Å². The SMILES string of the molecule is CCOc1ccccc1S(=O)(=O)NCC(O)c1ccc2c(c1)CCN2C. The number of ether oxygens (including phenoxy) is 1. The molecule has 7 heteroatoms. The molecular formula is C19H24N2O4S. The number of anilines is 1. The van der Waals surface area contributed by atoms with Crippen LogP contribution in [-0.2, 0) is 16.4 Å². The summed E-state index contributed by atoms with van der Waals surface area (Å²) in [7, 11) is -1.75. The number of benzene rings is 2. The van der Waals surface area contributed by atoms with Crippen molar-refractivity contribution in [1.82, 2.24) is 4.72 Å². The van der Waals surface area contributed by atoms with Gasteiger partial charge in [-0.1, -0.05) is 24.3 Å². The van der Waals surface area contributed by atoms with Gasteiger partial charge in [0, 0.05) is 25.8 Å². The summed E-state index contributed by atoms with van der Waals surface area (Å²) in [4.78, 5) is 2.24. The standard InChI is InChI=1S/C19H24N2O4S/c1-3-25-18-6-4-5-7-19(18)26(23,24)20-13-17(22)15-8-9-16-14(12-15)10-11-21(16)2/h4-9,12,17,20,22H,3,10-11,13H2,1-2H3. The van der Waals surface area contributed by atoms with Crippen LogP contribution < -0.4 is 14.4 Å². The number of hydrogen-bond donors (Lipinski definition) is 2. The molecule has 1 unspecified atom stereocenters. The first-order valence-corrected chi connectivity index (χ1v) is 10.1. The monoisotopic (exact) mass is 376 g/mol. The van der Waals surface area contributed by atoms with E-state index in [0.717, 1.165) is 18.7 Å². The molecule has 0 saturated carbocycles. The predicted molar refractivity (Wildman–Crippen MR) is 101 cm³/mol. The zero-order chi connectivity index (χ0) is 18.7. The first-order valence-electron chi connectivity index (χ1n) is 8.66. The molecule has 2 aromatic carbocycles. The normalized spacial score (nSPS) is 15.0. The summed E-state index contributed by atoms with van der Waals surface area (Å²) in [5.41, 5.74) is 3.04. The van der Waals surface area contributed by atoms with Crippen molar-refractivity contribution >= 4 is 15.7 Å². The van der Waals surface area contributed by atoms with Crippen LogP contribution in [0.15, 0.2) is 47.4 Å². The van der Waals surface area contributed by atoms with Gasteiger partial charge in [0.15, 0.2) is 0 Å². The van der Waals surface area contributed by atoms with Gasteiger partial charge < -0.3 is 14.7 Å². The third-order valence-corrected chi connectivity index (χ3v) is 5.98. The van der Waals surface area contributed by atoms with Crippen LogP contribution in [0.5, 0.6) is 5.75 Å². The van der Waals surface area contributed by atoms with E-state index in [9.17, 15) is 13.5 Å². The van der Waals surface area contributed by atoms with Crippen LogP contribution in [0.2, 0.25) is 0 Å². The van der Waals surface area contributed by atoms with Crippen molar-refractivity contribution in [1.29, 1.82) is 0 Å². The Balaban J connectivity index is 1.72. The molecule has 26 heavy (non-hydrogen) atoms. The van der Waals surface area contributed by atoms with Crippen LogP contribution in [0.4, 0.5) is 5.69 Å². The first kappa shape index (κ1) is 18.7. The number of rotatable bonds is 7. The zero-order valence-electron chi connectivity index (χ0n) is 15.0. The summed E-state index contributed by atoms with van der Waals surface area (Å²) >= 11 is 0. The highest BCUT2D eigenvalue weighted by atomic mass is 32.2. The largest absolute Gasteiger partial charge is 0.492 e. The van der Waals surface area contributed by atoms with Crippen LogP contribution in [0.25, 0.3) is 0 Å². The molecule has 140 valence electrons. The average molecular weight is 376 g/mol. The Morgan fingerprint density at radius 1 is 1.27 bits per heavy atom. The summed E-state index contributed by atoms with van der Waals surface area (Å²) in [5.74, 6) is 0.303. The van der Waals surface area contributed by atoms with E-state index in [1.165, 1.54) is 11.6 Å². The first-order chi connectivity index (χ1) is 12.4. The minimum atomic E-state index is -3.78. The topological polar surface area (TPSA) is 78.9 Å². The summed E-state index contributed by atoms with van der Waals surface area (Å²) in [6, 6.07) is 12.2. The quantitative estimate of drug-likeness (QED) is 0.774. The number of para-hydroxylation sites is 1. The van der Waals surface area contributed by atoms with Crippen molar-refractivity contribution in [3.05, 3.63) is 53.6 Å². The van der Waals surface area contributed by atoms with Gasteiger partial charge in [0.25, 0.3) is 0 Å². The molecule has 0 radical (unpaired) electrons. The Labute approximate surface area is 154 Å². The molecule has 0 aromatic heterocycles. The highest BCUT2D eigenvalue weighted by Gasteiger charge is 2.22. The van der Waals surface area contributed by atoms with E-state index in [4.69, 9.17) is 4.74 Å². The molecule has 1 aliphatic heterocycles. The molecule has 1 heterocycles. The molecule has 0 amide bonds. The van der Waals surface area contributed by atoms with E-state index in [-0.39, 0.29) is 11.4 Å². The number of likely N-dealkylation sites (N-methyl/N-ethyl adjacent to an activating group) is 1. The summed E-state index contributed by atoms with van der Waals surface area (Å²) in [5, 5.41) is 10.4. The van der Waals surface area contributed by atoms with Gasteiger partial charge in [0.05, 0.1) is 12.7 Å². The van der Waals surface area contributed by atoms with E-state index in [2.05, 4.69) is 9.62 Å². The summed E-state index contributed by atoms with van der Waals surface area (Å²) in [6.45, 7) is 3.03. The van der Waals surface area contributed by atoms with Gasteiger partial charge in [-0.15, -0.1) is 0 Å². The van der Waals surface area contributed by atoms with Crippen LogP contribution >= 0.6 is 0 Å². The third kappa shape index (κ3) is 3.85. The zero-order valence-corrected chi connectivity index (χ0v) is 15.8. The number of nitrogens with one attached hydrogen (secondary N) is 1. The molecular weight excluding hydrogens is 352 g/mol. The number of nitrogens with zero attached hydrogens (tertiary/aromatic N) is 1. The van der Waals surface area contributed by atoms with Crippen LogP contribution in [0, 0.1) is 0 Å². The molecule has 0 spiro atoms. The van der Waals surface area contributed by atoms with Gasteiger partial charge >= 0.3 is 0 Å². The fourth-order valence-corrected chi connectivity index (χ4v) is 4.31. The Bertz CT molecular complexity index is 883. The Morgan fingerprint density at radius 3 is 2.81 bits per heavy atom. The van der Waals surface area contributed by atoms with Gasteiger partial charge in [-0.25, -0.2) is 13.1 Å². The van der Waals surface area contributed by atoms with Crippen molar-refractivity contribution in [2.75, 3.05) is 31.6 Å². The fraction of sp³-hybridized carbons (Fsp3) is 0.368. The third-order valence-electron chi connectivity index (χ3n) is 4.52. The fourth-order valence-electron chi connectivity index (χ4n) is 3.13.